The smallest absolute Gasteiger partial charge is 0.191 e. The molecular formula is C14H11N5S. The van der Waals surface area contributed by atoms with Gasteiger partial charge >= 0.3 is 0 Å². The zero-order valence-electron chi connectivity index (χ0n) is 10.8. The van der Waals surface area contributed by atoms with Crippen LogP contribution in [0.2, 0.25) is 0 Å². The number of aryl methyl sites for hydroxylation is 1. The highest BCUT2D eigenvalue weighted by Gasteiger charge is 2.14. The lowest BCUT2D eigenvalue weighted by atomic mass is 10.2. The second-order valence-electron chi connectivity index (χ2n) is 4.50. The summed E-state index contributed by atoms with van der Waals surface area (Å²) in [6.07, 6.45) is 0.995. The number of aromatic nitrogens is 5. The Morgan fingerprint density at radius 1 is 1.20 bits per heavy atom. The molecular weight excluding hydrogens is 270 g/mol. The lowest BCUT2D eigenvalue weighted by molar-refractivity contribution is 0.819. The van der Waals surface area contributed by atoms with Gasteiger partial charge in [0.15, 0.2) is 11.5 Å². The summed E-state index contributed by atoms with van der Waals surface area (Å²) in [5.41, 5.74) is 1.78. The van der Waals surface area contributed by atoms with Crippen LogP contribution in [0.15, 0.2) is 36.4 Å². The van der Waals surface area contributed by atoms with Gasteiger partial charge in [-0.05, 0) is 22.9 Å². The van der Waals surface area contributed by atoms with E-state index in [1.807, 2.05) is 30.3 Å². The summed E-state index contributed by atoms with van der Waals surface area (Å²) in [6.45, 7) is 2.14. The first-order valence-electron chi connectivity index (χ1n) is 6.42. The van der Waals surface area contributed by atoms with Crippen LogP contribution in [0.1, 0.15) is 11.8 Å². The molecule has 0 unspecified atom stereocenters. The molecule has 98 valence electrons. The zero-order chi connectivity index (χ0) is 13.5. The molecule has 0 fully saturated rings. The van der Waals surface area contributed by atoms with Gasteiger partial charge < -0.3 is 0 Å². The van der Waals surface area contributed by atoms with Crippen LogP contribution in [0.4, 0.5) is 0 Å². The Labute approximate surface area is 118 Å². The monoisotopic (exact) mass is 281 g/mol. The maximum Gasteiger partial charge on any atom is 0.191 e. The molecule has 0 saturated heterocycles. The molecule has 0 bridgehead atoms. The Balaban J connectivity index is 2.11. The van der Waals surface area contributed by atoms with E-state index in [4.69, 9.17) is 4.98 Å². The number of nitrogens with zero attached hydrogens (tertiary/aromatic N) is 5. The molecule has 0 saturated carbocycles. The van der Waals surface area contributed by atoms with Gasteiger partial charge in [0.05, 0.1) is 5.39 Å². The molecule has 4 rings (SSSR count). The van der Waals surface area contributed by atoms with E-state index in [9.17, 15) is 0 Å². The van der Waals surface area contributed by atoms with Crippen molar-refractivity contribution in [2.75, 3.05) is 0 Å². The van der Waals surface area contributed by atoms with E-state index in [2.05, 4.69) is 28.5 Å². The number of fused-ring (bicyclic) bond motifs is 3. The van der Waals surface area contributed by atoms with Crippen molar-refractivity contribution in [2.45, 2.75) is 13.3 Å². The Morgan fingerprint density at radius 3 is 2.85 bits per heavy atom. The molecule has 0 amide bonds. The second kappa shape index (κ2) is 4.35. The molecule has 0 aliphatic rings. The van der Waals surface area contributed by atoms with Crippen molar-refractivity contribution >= 4 is 27.2 Å². The van der Waals surface area contributed by atoms with E-state index in [-0.39, 0.29) is 0 Å². The third-order valence-corrected chi connectivity index (χ3v) is 4.44. The highest BCUT2D eigenvalue weighted by molar-refractivity contribution is 7.18. The maximum absolute atomic E-state index is 4.75. The number of rotatable bonds is 2. The Hall–Kier alpha value is -2.34. The second-order valence-corrected chi connectivity index (χ2v) is 5.62. The number of tetrazole rings is 1. The topological polar surface area (TPSA) is 56.0 Å². The first kappa shape index (κ1) is 11.5. The molecule has 3 aromatic heterocycles. The Kier molecular flexibility index (Phi) is 2.50. The van der Waals surface area contributed by atoms with Gasteiger partial charge in [-0.2, -0.15) is 4.52 Å². The molecule has 3 heterocycles. The van der Waals surface area contributed by atoms with Crippen LogP contribution < -0.4 is 0 Å². The van der Waals surface area contributed by atoms with Crippen LogP contribution in [0, 0.1) is 0 Å². The fourth-order valence-electron chi connectivity index (χ4n) is 2.26. The van der Waals surface area contributed by atoms with Crippen molar-refractivity contribution < 1.29 is 0 Å². The van der Waals surface area contributed by atoms with Gasteiger partial charge in [-0.15, -0.1) is 16.4 Å². The van der Waals surface area contributed by atoms with E-state index in [1.54, 1.807) is 15.9 Å². The van der Waals surface area contributed by atoms with Crippen LogP contribution >= 0.6 is 11.3 Å². The van der Waals surface area contributed by atoms with Crippen molar-refractivity contribution in [3.63, 3.8) is 0 Å². The molecule has 20 heavy (non-hydrogen) atoms. The van der Waals surface area contributed by atoms with Crippen LogP contribution in [-0.4, -0.2) is 25.0 Å². The fraction of sp³-hybridized carbons (Fsp3) is 0.143. The molecule has 0 aliphatic heterocycles. The third-order valence-electron chi connectivity index (χ3n) is 3.26. The summed E-state index contributed by atoms with van der Waals surface area (Å²) >= 11 is 1.70. The van der Waals surface area contributed by atoms with Crippen molar-refractivity contribution in [1.82, 2.24) is 25.0 Å². The van der Waals surface area contributed by atoms with Crippen LogP contribution in [0.25, 0.3) is 27.3 Å². The fourth-order valence-corrected chi connectivity index (χ4v) is 3.23. The maximum atomic E-state index is 4.75. The molecule has 0 N–H and O–H groups in total. The number of hydrogen-bond acceptors (Lipinski definition) is 5. The normalized spacial score (nSPS) is 11.4. The molecule has 0 radical (unpaired) electrons. The van der Waals surface area contributed by atoms with Crippen molar-refractivity contribution in [3.05, 3.63) is 41.3 Å². The van der Waals surface area contributed by atoms with E-state index in [0.717, 1.165) is 33.7 Å². The average molecular weight is 281 g/mol. The third kappa shape index (κ3) is 1.61. The van der Waals surface area contributed by atoms with Gasteiger partial charge in [-0.25, -0.2) is 4.98 Å². The summed E-state index contributed by atoms with van der Waals surface area (Å²) in [5, 5.41) is 13.1. The van der Waals surface area contributed by atoms with Gasteiger partial charge in [0.2, 0.25) is 0 Å². The van der Waals surface area contributed by atoms with E-state index < -0.39 is 0 Å². The van der Waals surface area contributed by atoms with E-state index in [0.29, 0.717) is 0 Å². The first-order valence-corrected chi connectivity index (χ1v) is 7.24. The van der Waals surface area contributed by atoms with E-state index in [1.165, 1.54) is 4.88 Å². The van der Waals surface area contributed by atoms with Gasteiger partial charge in [0.1, 0.15) is 4.83 Å². The largest absolute Gasteiger partial charge is 0.217 e. The van der Waals surface area contributed by atoms with Crippen molar-refractivity contribution in [1.29, 1.82) is 0 Å². The SMILES string of the molecule is CCc1cc2c(nc(-c3ccccc3)n3nnnc23)s1. The van der Waals surface area contributed by atoms with Gasteiger partial charge in [0, 0.05) is 10.4 Å². The number of hydrogen-bond donors (Lipinski definition) is 0. The molecule has 0 atom stereocenters. The van der Waals surface area contributed by atoms with Crippen LogP contribution in [-0.2, 0) is 6.42 Å². The molecule has 6 heteroatoms. The Bertz CT molecular complexity index is 894. The zero-order valence-corrected chi connectivity index (χ0v) is 11.6. The van der Waals surface area contributed by atoms with Gasteiger partial charge in [0.25, 0.3) is 0 Å². The number of benzene rings is 1. The predicted molar refractivity (Wildman–Crippen MR) is 78.8 cm³/mol. The summed E-state index contributed by atoms with van der Waals surface area (Å²) in [5.74, 6) is 0.780. The summed E-state index contributed by atoms with van der Waals surface area (Å²) in [4.78, 5) is 7.04. The molecule has 0 aliphatic carbocycles. The first-order chi connectivity index (χ1) is 9.86. The minimum Gasteiger partial charge on any atom is -0.217 e. The predicted octanol–water partition coefficient (Wildman–Crippen LogP) is 2.96. The quantitative estimate of drug-likeness (QED) is 0.567. The molecule has 4 aromatic rings. The van der Waals surface area contributed by atoms with Gasteiger partial charge in [-0.1, -0.05) is 37.3 Å². The van der Waals surface area contributed by atoms with Crippen molar-refractivity contribution in [3.8, 4) is 11.4 Å². The number of thiophene rings is 1. The summed E-state index contributed by atoms with van der Waals surface area (Å²) in [6, 6.07) is 12.1. The summed E-state index contributed by atoms with van der Waals surface area (Å²) < 4.78 is 1.71. The standard InChI is InChI=1S/C14H11N5S/c1-2-10-8-11-13-16-17-18-19(13)12(15-14(11)20-10)9-6-4-3-5-7-9/h3-8H,2H2,1H3. The Morgan fingerprint density at radius 2 is 2.05 bits per heavy atom. The van der Waals surface area contributed by atoms with Crippen molar-refractivity contribution in [2.24, 2.45) is 0 Å². The van der Waals surface area contributed by atoms with Gasteiger partial charge in [-0.3, -0.25) is 0 Å². The molecule has 5 nitrogen and oxygen atoms in total. The lowest BCUT2D eigenvalue weighted by Gasteiger charge is -2.02. The minimum atomic E-state index is 0.768. The molecule has 1 aromatic carbocycles. The van der Waals surface area contributed by atoms with Crippen LogP contribution in [0.5, 0.6) is 0 Å². The average Bonchev–Trinajstić information content (AvgIpc) is 3.13. The minimum absolute atomic E-state index is 0.768. The van der Waals surface area contributed by atoms with E-state index >= 15 is 0 Å². The highest BCUT2D eigenvalue weighted by atomic mass is 32.1. The summed E-state index contributed by atoms with van der Waals surface area (Å²) in [7, 11) is 0. The van der Waals surface area contributed by atoms with Crippen LogP contribution in [0.3, 0.4) is 0 Å². The lowest BCUT2D eigenvalue weighted by Crippen LogP contribution is -1.97. The highest BCUT2D eigenvalue weighted by Crippen LogP contribution is 2.29. The molecule has 0 spiro atoms.